The fraction of sp³-hybridized carbons (Fsp3) is 0.909. The number of carboxylic acid groups (broad SMARTS) is 1. The molecule has 4 nitrogen and oxygen atoms in total. The summed E-state index contributed by atoms with van der Waals surface area (Å²) in [4.78, 5) is 11.2. The van der Waals surface area contributed by atoms with Gasteiger partial charge in [0.15, 0.2) is 6.29 Å². The summed E-state index contributed by atoms with van der Waals surface area (Å²) in [6.07, 6.45) is 4.66. The van der Waals surface area contributed by atoms with Gasteiger partial charge in [0.1, 0.15) is 0 Å². The molecule has 0 heterocycles. The SMILES string of the molecule is COC(CCC1(C(=O)O)CCCC1)OC. The van der Waals surface area contributed by atoms with Gasteiger partial charge in [-0.15, -0.1) is 0 Å². The zero-order valence-electron chi connectivity index (χ0n) is 9.49. The molecule has 0 aliphatic heterocycles. The van der Waals surface area contributed by atoms with E-state index >= 15 is 0 Å². The molecule has 0 aromatic heterocycles. The molecule has 88 valence electrons. The average Bonchev–Trinajstić information content (AvgIpc) is 2.69. The Morgan fingerprint density at radius 3 is 2.27 bits per heavy atom. The molecule has 1 aliphatic carbocycles. The number of hydrogen-bond acceptors (Lipinski definition) is 3. The molecule has 1 fully saturated rings. The minimum atomic E-state index is -0.661. The Morgan fingerprint density at radius 1 is 1.33 bits per heavy atom. The summed E-state index contributed by atoms with van der Waals surface area (Å²) in [6.45, 7) is 0. The Kier molecular flexibility index (Phi) is 4.54. The molecule has 1 aliphatic rings. The van der Waals surface area contributed by atoms with E-state index in [1.54, 1.807) is 14.2 Å². The molecule has 0 saturated heterocycles. The molecule has 0 atom stereocenters. The Balaban J connectivity index is 2.49. The van der Waals surface area contributed by atoms with Crippen LogP contribution in [0.4, 0.5) is 0 Å². The average molecular weight is 216 g/mol. The topological polar surface area (TPSA) is 55.8 Å². The van der Waals surface area contributed by atoms with Crippen molar-refractivity contribution in [3.05, 3.63) is 0 Å². The van der Waals surface area contributed by atoms with Crippen LogP contribution >= 0.6 is 0 Å². The Hall–Kier alpha value is -0.610. The van der Waals surface area contributed by atoms with Gasteiger partial charge in [0.05, 0.1) is 5.41 Å². The van der Waals surface area contributed by atoms with Gasteiger partial charge in [-0.1, -0.05) is 12.8 Å². The number of carboxylic acids is 1. The third-order valence-electron chi connectivity index (χ3n) is 3.40. The molecule has 0 amide bonds. The Labute approximate surface area is 90.6 Å². The van der Waals surface area contributed by atoms with Crippen molar-refractivity contribution in [3.8, 4) is 0 Å². The molecule has 0 spiro atoms. The third kappa shape index (κ3) is 2.92. The monoisotopic (exact) mass is 216 g/mol. The molecule has 0 radical (unpaired) electrons. The number of rotatable bonds is 6. The van der Waals surface area contributed by atoms with Gasteiger partial charge in [0.25, 0.3) is 0 Å². The van der Waals surface area contributed by atoms with E-state index in [4.69, 9.17) is 9.47 Å². The lowest BCUT2D eigenvalue weighted by Crippen LogP contribution is -2.29. The van der Waals surface area contributed by atoms with Crippen molar-refractivity contribution in [2.24, 2.45) is 5.41 Å². The number of methoxy groups -OCH3 is 2. The van der Waals surface area contributed by atoms with Crippen LogP contribution in [0, 0.1) is 5.41 Å². The van der Waals surface area contributed by atoms with Crippen LogP contribution in [0.1, 0.15) is 38.5 Å². The lowest BCUT2D eigenvalue weighted by molar-refractivity contribution is -0.152. The smallest absolute Gasteiger partial charge is 0.309 e. The van der Waals surface area contributed by atoms with Crippen molar-refractivity contribution >= 4 is 5.97 Å². The van der Waals surface area contributed by atoms with Gasteiger partial charge >= 0.3 is 5.97 Å². The second-order valence-electron chi connectivity index (χ2n) is 4.23. The van der Waals surface area contributed by atoms with E-state index in [-0.39, 0.29) is 6.29 Å². The molecule has 15 heavy (non-hydrogen) atoms. The van der Waals surface area contributed by atoms with Crippen molar-refractivity contribution in [1.29, 1.82) is 0 Å². The maximum atomic E-state index is 11.2. The van der Waals surface area contributed by atoms with E-state index < -0.39 is 11.4 Å². The van der Waals surface area contributed by atoms with Crippen LogP contribution in [0.2, 0.25) is 0 Å². The number of hydrogen-bond donors (Lipinski definition) is 1. The summed E-state index contributed by atoms with van der Waals surface area (Å²) in [6, 6.07) is 0. The number of carbonyl (C=O) groups is 1. The van der Waals surface area contributed by atoms with E-state index in [0.29, 0.717) is 12.8 Å². The van der Waals surface area contributed by atoms with Gasteiger partial charge in [-0.3, -0.25) is 4.79 Å². The zero-order valence-corrected chi connectivity index (χ0v) is 9.49. The van der Waals surface area contributed by atoms with Crippen LogP contribution in [0.5, 0.6) is 0 Å². The van der Waals surface area contributed by atoms with Crippen LogP contribution in [0.25, 0.3) is 0 Å². The van der Waals surface area contributed by atoms with E-state index in [9.17, 15) is 9.90 Å². The molecule has 0 bridgehead atoms. The maximum Gasteiger partial charge on any atom is 0.309 e. The Morgan fingerprint density at radius 2 is 1.87 bits per heavy atom. The Bertz CT molecular complexity index is 205. The largest absolute Gasteiger partial charge is 0.481 e. The fourth-order valence-corrected chi connectivity index (χ4v) is 2.35. The first-order valence-electron chi connectivity index (χ1n) is 5.43. The molecule has 0 unspecified atom stereocenters. The predicted octanol–water partition coefficient (Wildman–Crippen LogP) is 2.03. The van der Waals surface area contributed by atoms with Crippen LogP contribution in [0.3, 0.4) is 0 Å². The van der Waals surface area contributed by atoms with Gasteiger partial charge in [-0.25, -0.2) is 0 Å². The van der Waals surface area contributed by atoms with Gasteiger partial charge in [0, 0.05) is 14.2 Å². The van der Waals surface area contributed by atoms with Crippen molar-refractivity contribution < 1.29 is 19.4 Å². The van der Waals surface area contributed by atoms with Gasteiger partial charge in [0.2, 0.25) is 0 Å². The second kappa shape index (κ2) is 5.47. The highest BCUT2D eigenvalue weighted by Gasteiger charge is 2.41. The number of ether oxygens (including phenoxy) is 2. The fourth-order valence-electron chi connectivity index (χ4n) is 2.35. The molecule has 4 heteroatoms. The standard InChI is InChI=1S/C11H20O4/c1-14-9(15-2)5-8-11(10(12)13)6-3-4-7-11/h9H,3-8H2,1-2H3,(H,12,13). The van der Waals surface area contributed by atoms with Crippen molar-refractivity contribution in [3.63, 3.8) is 0 Å². The highest BCUT2D eigenvalue weighted by Crippen LogP contribution is 2.42. The van der Waals surface area contributed by atoms with E-state index in [1.165, 1.54) is 0 Å². The van der Waals surface area contributed by atoms with Crippen molar-refractivity contribution in [2.75, 3.05) is 14.2 Å². The minimum absolute atomic E-state index is 0.276. The van der Waals surface area contributed by atoms with E-state index in [1.807, 2.05) is 0 Å². The van der Waals surface area contributed by atoms with Crippen LogP contribution in [-0.2, 0) is 14.3 Å². The summed E-state index contributed by atoms with van der Waals surface area (Å²) in [5.74, 6) is -0.661. The van der Waals surface area contributed by atoms with Gasteiger partial charge in [-0.2, -0.15) is 0 Å². The van der Waals surface area contributed by atoms with Gasteiger partial charge in [-0.05, 0) is 25.7 Å². The minimum Gasteiger partial charge on any atom is -0.481 e. The summed E-state index contributed by atoms with van der Waals surface area (Å²) in [5, 5.41) is 9.24. The second-order valence-corrected chi connectivity index (χ2v) is 4.23. The van der Waals surface area contributed by atoms with Crippen molar-refractivity contribution in [1.82, 2.24) is 0 Å². The normalized spacial score (nSPS) is 19.7. The molecule has 0 aromatic carbocycles. The van der Waals surface area contributed by atoms with E-state index in [0.717, 1.165) is 25.7 Å². The molecular weight excluding hydrogens is 196 g/mol. The van der Waals surface area contributed by atoms with Crippen LogP contribution < -0.4 is 0 Å². The van der Waals surface area contributed by atoms with Crippen molar-refractivity contribution in [2.45, 2.75) is 44.8 Å². The highest BCUT2D eigenvalue weighted by atomic mass is 16.7. The van der Waals surface area contributed by atoms with Gasteiger partial charge < -0.3 is 14.6 Å². The molecule has 1 rings (SSSR count). The summed E-state index contributed by atoms with van der Waals surface area (Å²) in [5.41, 5.74) is -0.519. The maximum absolute atomic E-state index is 11.2. The molecule has 1 saturated carbocycles. The predicted molar refractivity (Wildman–Crippen MR) is 55.6 cm³/mol. The summed E-state index contributed by atoms with van der Waals surface area (Å²) >= 11 is 0. The summed E-state index contributed by atoms with van der Waals surface area (Å²) in [7, 11) is 3.16. The van der Waals surface area contributed by atoms with Crippen LogP contribution in [-0.4, -0.2) is 31.6 Å². The first-order chi connectivity index (χ1) is 7.14. The lowest BCUT2D eigenvalue weighted by Gasteiger charge is -2.25. The van der Waals surface area contributed by atoms with Crippen LogP contribution in [0.15, 0.2) is 0 Å². The lowest BCUT2D eigenvalue weighted by atomic mass is 9.81. The number of aliphatic carboxylic acids is 1. The molecular formula is C11H20O4. The first kappa shape index (κ1) is 12.5. The summed E-state index contributed by atoms with van der Waals surface area (Å²) < 4.78 is 10.1. The zero-order chi connectivity index (χ0) is 11.3. The third-order valence-corrected chi connectivity index (χ3v) is 3.40. The quantitative estimate of drug-likeness (QED) is 0.690. The first-order valence-corrected chi connectivity index (χ1v) is 5.43. The molecule has 1 N–H and O–H groups in total. The highest BCUT2D eigenvalue weighted by molar-refractivity contribution is 5.74. The molecule has 0 aromatic rings. The van der Waals surface area contributed by atoms with E-state index in [2.05, 4.69) is 0 Å².